The number of piperidine rings is 1. The molecule has 0 aromatic rings. The minimum absolute atomic E-state index is 0.00463. The van der Waals surface area contributed by atoms with Crippen molar-refractivity contribution in [2.24, 2.45) is 0 Å². The fourth-order valence-corrected chi connectivity index (χ4v) is 2.51. The highest BCUT2D eigenvalue weighted by molar-refractivity contribution is 7.45. The van der Waals surface area contributed by atoms with Crippen molar-refractivity contribution in [2.45, 2.75) is 56.7 Å². The lowest BCUT2D eigenvalue weighted by Gasteiger charge is -2.46. The molecule has 0 amide bonds. The van der Waals surface area contributed by atoms with Crippen LogP contribution in [0.2, 0.25) is 0 Å². The summed E-state index contributed by atoms with van der Waals surface area (Å²) in [5.41, 5.74) is -1.55. The Morgan fingerprint density at radius 3 is 1.96 bits per heavy atom. The van der Waals surface area contributed by atoms with E-state index < -0.39 is 44.9 Å². The fourth-order valence-electron chi connectivity index (χ4n) is 2.51. The third-order valence-electron chi connectivity index (χ3n) is 3.46. The zero-order valence-electron chi connectivity index (χ0n) is 12.6. The van der Waals surface area contributed by atoms with Crippen molar-refractivity contribution in [3.8, 4) is 0 Å². The van der Waals surface area contributed by atoms with Crippen LogP contribution in [0.3, 0.4) is 0 Å². The van der Waals surface area contributed by atoms with E-state index in [1.165, 1.54) is 6.92 Å². The fraction of sp³-hybridized carbons (Fsp3) is 1.00. The van der Waals surface area contributed by atoms with Gasteiger partial charge in [-0.3, -0.25) is 4.90 Å². The van der Waals surface area contributed by atoms with Crippen LogP contribution in [0.1, 0.15) is 32.6 Å². The van der Waals surface area contributed by atoms with Crippen molar-refractivity contribution in [1.82, 2.24) is 4.90 Å². The van der Waals surface area contributed by atoms with Crippen LogP contribution in [0.15, 0.2) is 0 Å². The van der Waals surface area contributed by atoms with Gasteiger partial charge in [-0.25, -0.2) is 22.1 Å². The third-order valence-corrected chi connectivity index (χ3v) is 3.46. The summed E-state index contributed by atoms with van der Waals surface area (Å²) >= 11 is 0. The van der Waals surface area contributed by atoms with Crippen molar-refractivity contribution >= 4 is 7.82 Å². The molecule has 146 valence electrons. The minimum atomic E-state index is -4.64. The lowest BCUT2D eigenvalue weighted by atomic mass is 9.83. The van der Waals surface area contributed by atoms with E-state index in [4.69, 9.17) is 19.2 Å². The van der Waals surface area contributed by atoms with Crippen LogP contribution in [-0.2, 0) is 4.57 Å². The summed E-state index contributed by atoms with van der Waals surface area (Å²) in [6.07, 6.45) is -8.67. The molecule has 0 spiro atoms. The highest BCUT2D eigenvalue weighted by Gasteiger charge is 2.50. The van der Waals surface area contributed by atoms with Gasteiger partial charge in [0.25, 0.3) is 0 Å². The molecule has 1 unspecified atom stereocenters. The van der Waals surface area contributed by atoms with E-state index in [1.807, 2.05) is 0 Å². The van der Waals surface area contributed by atoms with Gasteiger partial charge in [0.1, 0.15) is 0 Å². The Labute approximate surface area is 133 Å². The van der Waals surface area contributed by atoms with Crippen LogP contribution in [-0.4, -0.2) is 56.7 Å². The van der Waals surface area contributed by atoms with Crippen molar-refractivity contribution in [1.29, 1.82) is 0 Å². The molecule has 0 saturated carbocycles. The molecule has 1 fully saturated rings. The normalized spacial score (nSPS) is 23.8. The number of hydrogen-bond acceptors (Lipinski definition) is 2. The molecule has 0 aromatic heterocycles. The summed E-state index contributed by atoms with van der Waals surface area (Å²) in [6, 6.07) is 0. The van der Waals surface area contributed by atoms with Crippen LogP contribution < -0.4 is 0 Å². The lowest BCUT2D eigenvalue weighted by Crippen LogP contribution is -2.56. The first-order chi connectivity index (χ1) is 10.5. The standard InChI is InChI=1S/C11H16F7N.H3O4P/c1-9(6-10(14,15)8(12)13)4-2-3-5-19(9)7-11(16,17)18;1-5(2,3)4/h8H,2-7H2,1H3;(H3,1,2,3,4). The number of hydrogen-bond donors (Lipinski definition) is 3. The van der Waals surface area contributed by atoms with Crippen LogP contribution in [0.25, 0.3) is 0 Å². The molecule has 1 heterocycles. The van der Waals surface area contributed by atoms with Gasteiger partial charge in [-0.05, 0) is 26.3 Å². The second kappa shape index (κ2) is 8.31. The van der Waals surface area contributed by atoms with Crippen LogP contribution >= 0.6 is 7.82 Å². The van der Waals surface area contributed by atoms with Crippen molar-refractivity contribution in [3.05, 3.63) is 0 Å². The summed E-state index contributed by atoms with van der Waals surface area (Å²) in [7, 11) is -4.64. The molecular formula is C11H19F7NO4P. The predicted octanol–water partition coefficient (Wildman–Crippen LogP) is 3.16. The SMILES string of the molecule is CC1(CC(F)(F)C(F)F)CCCCN1CC(F)(F)F.O=P(O)(O)O. The summed E-state index contributed by atoms with van der Waals surface area (Å²) in [4.78, 5) is 22.4. The van der Waals surface area contributed by atoms with Gasteiger partial charge >= 0.3 is 26.3 Å². The first kappa shape index (κ1) is 23.6. The minimum Gasteiger partial charge on any atom is -0.303 e. The van der Waals surface area contributed by atoms with Gasteiger partial charge in [-0.2, -0.15) is 13.2 Å². The number of nitrogens with zero attached hydrogens (tertiary/aromatic N) is 1. The second-order valence-corrected chi connectivity index (χ2v) is 6.77. The van der Waals surface area contributed by atoms with E-state index in [0.29, 0.717) is 12.8 Å². The first-order valence-electron chi connectivity index (χ1n) is 6.72. The van der Waals surface area contributed by atoms with Gasteiger partial charge in [0, 0.05) is 12.0 Å². The number of rotatable bonds is 4. The molecule has 24 heavy (non-hydrogen) atoms. The van der Waals surface area contributed by atoms with Crippen molar-refractivity contribution in [2.75, 3.05) is 13.1 Å². The van der Waals surface area contributed by atoms with E-state index in [2.05, 4.69) is 0 Å². The average Bonchev–Trinajstić information content (AvgIpc) is 2.27. The highest BCUT2D eigenvalue weighted by atomic mass is 31.2. The van der Waals surface area contributed by atoms with Crippen LogP contribution in [0.4, 0.5) is 30.7 Å². The monoisotopic (exact) mass is 393 g/mol. The van der Waals surface area contributed by atoms with Gasteiger partial charge in [0.2, 0.25) is 0 Å². The summed E-state index contributed by atoms with van der Waals surface area (Å²) in [6.45, 7) is -0.146. The molecular weight excluding hydrogens is 374 g/mol. The van der Waals surface area contributed by atoms with E-state index in [1.54, 1.807) is 0 Å². The summed E-state index contributed by atoms with van der Waals surface area (Å²) in [5.74, 6) is -4.27. The predicted molar refractivity (Wildman–Crippen MR) is 69.7 cm³/mol. The van der Waals surface area contributed by atoms with Gasteiger partial charge in [-0.1, -0.05) is 6.42 Å². The Balaban J connectivity index is 0.000000922. The second-order valence-electron chi connectivity index (χ2n) is 5.74. The van der Waals surface area contributed by atoms with E-state index in [0.717, 1.165) is 4.90 Å². The Bertz CT molecular complexity index is 434. The van der Waals surface area contributed by atoms with Crippen molar-refractivity contribution in [3.63, 3.8) is 0 Å². The van der Waals surface area contributed by atoms with Gasteiger partial charge in [-0.15, -0.1) is 0 Å². The summed E-state index contributed by atoms with van der Waals surface area (Å²) in [5, 5.41) is 0. The first-order valence-corrected chi connectivity index (χ1v) is 8.29. The molecule has 1 aliphatic rings. The molecule has 1 atom stereocenters. The van der Waals surface area contributed by atoms with E-state index in [-0.39, 0.29) is 13.0 Å². The smallest absolute Gasteiger partial charge is 0.303 e. The Morgan fingerprint density at radius 1 is 1.12 bits per heavy atom. The molecule has 13 heteroatoms. The molecule has 0 aliphatic carbocycles. The Hall–Kier alpha value is -0.420. The number of likely N-dealkylation sites (tertiary alicyclic amines) is 1. The molecule has 1 rings (SSSR count). The maximum absolute atomic E-state index is 13.1. The highest BCUT2D eigenvalue weighted by Crippen LogP contribution is 2.40. The molecule has 0 radical (unpaired) electrons. The van der Waals surface area contributed by atoms with Crippen molar-refractivity contribution < 1.29 is 50.0 Å². The third kappa shape index (κ3) is 9.77. The number of phosphoric acid groups is 1. The van der Waals surface area contributed by atoms with Crippen LogP contribution in [0.5, 0.6) is 0 Å². The lowest BCUT2D eigenvalue weighted by molar-refractivity contribution is -0.187. The van der Waals surface area contributed by atoms with E-state index >= 15 is 0 Å². The topological polar surface area (TPSA) is 81.0 Å². The molecule has 0 aromatic carbocycles. The zero-order valence-corrected chi connectivity index (χ0v) is 13.5. The van der Waals surface area contributed by atoms with Gasteiger partial charge < -0.3 is 14.7 Å². The molecule has 1 saturated heterocycles. The molecule has 5 nitrogen and oxygen atoms in total. The van der Waals surface area contributed by atoms with E-state index in [9.17, 15) is 30.7 Å². The average molecular weight is 393 g/mol. The molecule has 1 aliphatic heterocycles. The Kier molecular flexibility index (Phi) is 8.16. The zero-order chi connectivity index (χ0) is 19.4. The van der Waals surface area contributed by atoms with Crippen LogP contribution in [0, 0.1) is 0 Å². The largest absolute Gasteiger partial charge is 0.466 e. The Morgan fingerprint density at radius 2 is 1.58 bits per heavy atom. The quantitative estimate of drug-likeness (QED) is 0.505. The molecule has 0 bridgehead atoms. The maximum Gasteiger partial charge on any atom is 0.466 e. The number of halogens is 7. The molecule has 3 N–H and O–H groups in total. The maximum atomic E-state index is 13.1. The summed E-state index contributed by atoms with van der Waals surface area (Å²) < 4.78 is 96.7. The van der Waals surface area contributed by atoms with Gasteiger partial charge in [0.05, 0.1) is 6.54 Å². The number of alkyl halides is 7. The van der Waals surface area contributed by atoms with Gasteiger partial charge in [0.15, 0.2) is 0 Å².